The van der Waals surface area contributed by atoms with Gasteiger partial charge in [-0.3, -0.25) is 0 Å². The quantitative estimate of drug-likeness (QED) is 0.823. The zero-order valence-electron chi connectivity index (χ0n) is 12.9. The Hall–Kier alpha value is -1.32. The van der Waals surface area contributed by atoms with Crippen molar-refractivity contribution in [1.29, 1.82) is 0 Å². The van der Waals surface area contributed by atoms with Crippen LogP contribution in [0.25, 0.3) is 0 Å². The van der Waals surface area contributed by atoms with E-state index in [2.05, 4.69) is 88.5 Å². The standard InChI is InChI=1S/C18H23BrN2/c1-14(2)21(13-15-7-5-4-6-8-15)18-10-9-16(12-20-3)11-17(18)19/h4-11,14,20H,12-13H2,1-3H3. The fourth-order valence-corrected chi connectivity index (χ4v) is 3.08. The van der Waals surface area contributed by atoms with Crippen LogP contribution >= 0.6 is 15.9 Å². The maximum atomic E-state index is 3.73. The molecule has 2 aromatic carbocycles. The molecule has 0 fully saturated rings. The number of halogens is 1. The average Bonchev–Trinajstić information content (AvgIpc) is 2.47. The third-order valence-corrected chi connectivity index (χ3v) is 4.16. The molecule has 3 heteroatoms. The number of rotatable bonds is 6. The largest absolute Gasteiger partial charge is 0.364 e. The lowest BCUT2D eigenvalue weighted by Gasteiger charge is -2.30. The monoisotopic (exact) mass is 346 g/mol. The third kappa shape index (κ3) is 4.32. The van der Waals surface area contributed by atoms with Gasteiger partial charge in [-0.15, -0.1) is 0 Å². The van der Waals surface area contributed by atoms with Crippen LogP contribution in [0, 0.1) is 0 Å². The second kappa shape index (κ2) is 7.62. The van der Waals surface area contributed by atoms with E-state index in [4.69, 9.17) is 0 Å². The van der Waals surface area contributed by atoms with Crippen LogP contribution in [0.3, 0.4) is 0 Å². The molecule has 0 aliphatic carbocycles. The van der Waals surface area contributed by atoms with Crippen LogP contribution in [0.4, 0.5) is 5.69 Å². The Kier molecular flexibility index (Phi) is 5.83. The molecule has 2 rings (SSSR count). The van der Waals surface area contributed by atoms with Gasteiger partial charge >= 0.3 is 0 Å². The van der Waals surface area contributed by atoms with Gasteiger partial charge in [0.05, 0.1) is 5.69 Å². The highest BCUT2D eigenvalue weighted by Crippen LogP contribution is 2.30. The molecule has 0 spiro atoms. The summed E-state index contributed by atoms with van der Waals surface area (Å²) in [5.74, 6) is 0. The minimum atomic E-state index is 0.441. The minimum absolute atomic E-state index is 0.441. The smallest absolute Gasteiger partial charge is 0.0516 e. The summed E-state index contributed by atoms with van der Waals surface area (Å²) in [5.41, 5.74) is 3.86. The first-order chi connectivity index (χ1) is 10.1. The predicted molar refractivity (Wildman–Crippen MR) is 94.7 cm³/mol. The molecule has 0 saturated carbocycles. The number of hydrogen-bond donors (Lipinski definition) is 1. The summed E-state index contributed by atoms with van der Waals surface area (Å²) in [5, 5.41) is 3.19. The highest BCUT2D eigenvalue weighted by atomic mass is 79.9. The van der Waals surface area contributed by atoms with E-state index < -0.39 is 0 Å². The molecule has 0 radical (unpaired) electrons. The molecule has 0 amide bonds. The molecule has 0 atom stereocenters. The Bertz CT molecular complexity index is 567. The summed E-state index contributed by atoms with van der Waals surface area (Å²) in [4.78, 5) is 2.42. The van der Waals surface area contributed by atoms with Crippen molar-refractivity contribution in [2.24, 2.45) is 0 Å². The highest BCUT2D eigenvalue weighted by Gasteiger charge is 2.14. The third-order valence-electron chi connectivity index (χ3n) is 3.52. The van der Waals surface area contributed by atoms with Gasteiger partial charge in [-0.1, -0.05) is 36.4 Å². The number of nitrogens with zero attached hydrogens (tertiary/aromatic N) is 1. The fraction of sp³-hybridized carbons (Fsp3) is 0.333. The molecule has 0 aromatic heterocycles. The summed E-state index contributed by atoms with van der Waals surface area (Å²) in [7, 11) is 1.97. The van der Waals surface area contributed by atoms with Crippen molar-refractivity contribution < 1.29 is 0 Å². The lowest BCUT2D eigenvalue weighted by Crippen LogP contribution is -2.30. The van der Waals surface area contributed by atoms with Crippen LogP contribution in [0.5, 0.6) is 0 Å². The van der Waals surface area contributed by atoms with Crippen molar-refractivity contribution in [1.82, 2.24) is 5.32 Å². The fourth-order valence-electron chi connectivity index (χ4n) is 2.42. The van der Waals surface area contributed by atoms with Crippen molar-refractivity contribution in [2.45, 2.75) is 33.0 Å². The molecular formula is C18H23BrN2. The topological polar surface area (TPSA) is 15.3 Å². The second-order valence-corrected chi connectivity index (χ2v) is 6.38. The minimum Gasteiger partial charge on any atom is -0.364 e. The summed E-state index contributed by atoms with van der Waals surface area (Å²) in [6.45, 7) is 6.27. The molecule has 2 nitrogen and oxygen atoms in total. The Labute approximate surface area is 136 Å². The Morgan fingerprint density at radius 2 is 1.76 bits per heavy atom. The van der Waals surface area contributed by atoms with Crippen molar-refractivity contribution in [3.8, 4) is 0 Å². The van der Waals surface area contributed by atoms with E-state index in [0.29, 0.717) is 6.04 Å². The molecular weight excluding hydrogens is 324 g/mol. The van der Waals surface area contributed by atoms with Gasteiger partial charge in [-0.2, -0.15) is 0 Å². The van der Waals surface area contributed by atoms with Crippen LogP contribution < -0.4 is 10.2 Å². The van der Waals surface area contributed by atoms with E-state index in [9.17, 15) is 0 Å². The van der Waals surface area contributed by atoms with E-state index >= 15 is 0 Å². The SMILES string of the molecule is CNCc1ccc(N(Cc2ccccc2)C(C)C)c(Br)c1. The van der Waals surface area contributed by atoms with Crippen LogP contribution in [0.1, 0.15) is 25.0 Å². The summed E-state index contributed by atoms with van der Waals surface area (Å²) < 4.78 is 1.15. The van der Waals surface area contributed by atoms with Crippen LogP contribution in [-0.4, -0.2) is 13.1 Å². The van der Waals surface area contributed by atoms with Crippen molar-refractivity contribution in [3.63, 3.8) is 0 Å². The molecule has 0 bridgehead atoms. The van der Waals surface area contributed by atoms with Crippen molar-refractivity contribution in [3.05, 3.63) is 64.1 Å². The first kappa shape index (κ1) is 16.1. The normalized spacial score (nSPS) is 10.9. The Balaban J connectivity index is 2.26. The molecule has 1 N–H and O–H groups in total. The number of hydrogen-bond acceptors (Lipinski definition) is 2. The summed E-state index contributed by atoms with van der Waals surface area (Å²) in [6.07, 6.45) is 0. The lowest BCUT2D eigenvalue weighted by molar-refractivity contribution is 0.680. The van der Waals surface area contributed by atoms with Crippen LogP contribution in [0.2, 0.25) is 0 Å². The molecule has 0 aliphatic rings. The maximum Gasteiger partial charge on any atom is 0.0516 e. The Morgan fingerprint density at radius 1 is 1.05 bits per heavy atom. The van der Waals surface area contributed by atoms with Gasteiger partial charge in [0.25, 0.3) is 0 Å². The van der Waals surface area contributed by atoms with Gasteiger partial charge in [0, 0.05) is 23.6 Å². The highest BCUT2D eigenvalue weighted by molar-refractivity contribution is 9.10. The van der Waals surface area contributed by atoms with E-state index in [1.54, 1.807) is 0 Å². The van der Waals surface area contributed by atoms with E-state index in [-0.39, 0.29) is 0 Å². The van der Waals surface area contributed by atoms with E-state index in [1.165, 1.54) is 16.8 Å². The zero-order valence-corrected chi connectivity index (χ0v) is 14.5. The molecule has 112 valence electrons. The van der Waals surface area contributed by atoms with E-state index in [1.807, 2.05) is 7.05 Å². The van der Waals surface area contributed by atoms with Gasteiger partial charge in [-0.25, -0.2) is 0 Å². The van der Waals surface area contributed by atoms with Gasteiger partial charge in [0.1, 0.15) is 0 Å². The first-order valence-electron chi connectivity index (χ1n) is 7.35. The van der Waals surface area contributed by atoms with E-state index in [0.717, 1.165) is 17.6 Å². The molecule has 0 saturated heterocycles. The van der Waals surface area contributed by atoms with Crippen LogP contribution in [0.15, 0.2) is 53.0 Å². The van der Waals surface area contributed by atoms with Gasteiger partial charge in [0.15, 0.2) is 0 Å². The lowest BCUT2D eigenvalue weighted by atomic mass is 10.1. The predicted octanol–water partition coefficient (Wildman–Crippen LogP) is 4.58. The number of benzene rings is 2. The molecule has 2 aromatic rings. The summed E-state index contributed by atoms with van der Waals surface area (Å²) in [6, 6.07) is 17.7. The number of nitrogens with one attached hydrogen (secondary N) is 1. The molecule has 0 heterocycles. The molecule has 0 aliphatic heterocycles. The van der Waals surface area contributed by atoms with Crippen molar-refractivity contribution in [2.75, 3.05) is 11.9 Å². The zero-order chi connectivity index (χ0) is 15.2. The van der Waals surface area contributed by atoms with Crippen LogP contribution in [-0.2, 0) is 13.1 Å². The van der Waals surface area contributed by atoms with Crippen molar-refractivity contribution >= 4 is 21.6 Å². The van der Waals surface area contributed by atoms with Gasteiger partial charge in [0.2, 0.25) is 0 Å². The van der Waals surface area contributed by atoms with Gasteiger partial charge < -0.3 is 10.2 Å². The number of anilines is 1. The maximum absolute atomic E-state index is 3.73. The first-order valence-corrected chi connectivity index (χ1v) is 8.14. The van der Waals surface area contributed by atoms with Gasteiger partial charge in [-0.05, 0) is 60.1 Å². The second-order valence-electron chi connectivity index (χ2n) is 5.52. The average molecular weight is 347 g/mol. The summed E-state index contributed by atoms with van der Waals surface area (Å²) >= 11 is 3.73. The molecule has 21 heavy (non-hydrogen) atoms. The molecule has 0 unspecified atom stereocenters. The Morgan fingerprint density at radius 3 is 2.33 bits per heavy atom.